The number of hydrogen-bond donors (Lipinski definition) is 2. The van der Waals surface area contributed by atoms with Crippen molar-refractivity contribution in [1.29, 1.82) is 5.26 Å². The predicted octanol–water partition coefficient (Wildman–Crippen LogP) is 3.76. The normalized spacial score (nSPS) is 15.7. The number of carbonyl (C=O) groups is 2. The maximum Gasteiger partial charge on any atom is 0.416 e. The number of aliphatic carboxylic acids is 1. The average Bonchev–Trinajstić information content (AvgIpc) is 3.04. The third-order valence-electron chi connectivity index (χ3n) is 4.72. The largest absolute Gasteiger partial charge is 0.478 e. The van der Waals surface area contributed by atoms with Crippen molar-refractivity contribution in [2.24, 2.45) is 0 Å². The number of nitrogens with one attached hydrogen (secondary N) is 1. The first-order valence-corrected chi connectivity index (χ1v) is 8.51. The van der Waals surface area contributed by atoms with Crippen molar-refractivity contribution >= 4 is 17.4 Å². The Hall–Kier alpha value is -3.54. The maximum absolute atomic E-state index is 13.0. The number of carboxylic acids is 1. The van der Waals surface area contributed by atoms with Gasteiger partial charge < -0.3 is 15.0 Å². The number of alkyl halides is 3. The quantitative estimate of drug-likeness (QED) is 0.798. The molecule has 1 aromatic carbocycles. The van der Waals surface area contributed by atoms with Crippen LogP contribution >= 0.6 is 0 Å². The summed E-state index contributed by atoms with van der Waals surface area (Å²) in [7, 11) is 0. The third-order valence-corrected chi connectivity index (χ3v) is 4.72. The molecular formula is C20H16F3N3O3. The summed E-state index contributed by atoms with van der Waals surface area (Å²) in [6.07, 6.45) is -3.52. The minimum Gasteiger partial charge on any atom is -0.478 e. The van der Waals surface area contributed by atoms with E-state index in [4.69, 9.17) is 5.26 Å². The van der Waals surface area contributed by atoms with Crippen LogP contribution in [0.15, 0.2) is 36.5 Å². The van der Waals surface area contributed by atoms with Crippen LogP contribution in [0.25, 0.3) is 5.57 Å². The molecule has 2 aromatic rings. The smallest absolute Gasteiger partial charge is 0.416 e. The number of benzene rings is 1. The molecule has 6 nitrogen and oxygen atoms in total. The summed E-state index contributed by atoms with van der Waals surface area (Å²) in [5, 5.41) is 18.8. The van der Waals surface area contributed by atoms with Gasteiger partial charge in [-0.25, -0.2) is 4.79 Å². The van der Waals surface area contributed by atoms with Crippen LogP contribution in [-0.4, -0.2) is 33.4 Å². The molecule has 2 N–H and O–H groups in total. The molecule has 2 heterocycles. The number of nitriles is 1. The summed E-state index contributed by atoms with van der Waals surface area (Å²) in [6.45, 7) is 3.52. The third kappa shape index (κ3) is 3.74. The summed E-state index contributed by atoms with van der Waals surface area (Å²) in [4.78, 5) is 28.6. The van der Waals surface area contributed by atoms with Crippen molar-refractivity contribution in [2.75, 3.05) is 6.54 Å². The van der Waals surface area contributed by atoms with Gasteiger partial charge in [-0.2, -0.15) is 18.4 Å². The first-order valence-electron chi connectivity index (χ1n) is 8.51. The summed E-state index contributed by atoms with van der Waals surface area (Å²) < 4.78 is 39.0. The number of carboxylic acid groups (broad SMARTS) is 1. The highest BCUT2D eigenvalue weighted by Gasteiger charge is 2.37. The van der Waals surface area contributed by atoms with Crippen molar-refractivity contribution in [3.05, 3.63) is 64.6 Å². The van der Waals surface area contributed by atoms with Gasteiger partial charge in [-0.3, -0.25) is 4.79 Å². The summed E-state index contributed by atoms with van der Waals surface area (Å²) in [6, 6.07) is 7.41. The predicted molar refractivity (Wildman–Crippen MR) is 96.6 cm³/mol. The fourth-order valence-electron chi connectivity index (χ4n) is 3.33. The Kier molecular flexibility index (Phi) is 4.74. The zero-order valence-electron chi connectivity index (χ0n) is 15.5. The lowest BCUT2D eigenvalue weighted by molar-refractivity contribution is -0.137. The van der Waals surface area contributed by atoms with Crippen LogP contribution < -0.4 is 0 Å². The second-order valence-electron chi connectivity index (χ2n) is 7.33. The van der Waals surface area contributed by atoms with Gasteiger partial charge in [-0.1, -0.05) is 19.9 Å². The molecule has 3 rings (SSSR count). The van der Waals surface area contributed by atoms with E-state index in [1.54, 1.807) is 13.8 Å². The lowest BCUT2D eigenvalue weighted by atomic mass is 9.83. The molecule has 1 aliphatic rings. The Labute approximate surface area is 163 Å². The molecular weight excluding hydrogens is 387 g/mol. The highest BCUT2D eigenvalue weighted by atomic mass is 19.4. The number of aromatic nitrogens is 1. The number of nitrogens with zero attached hydrogens (tertiary/aromatic N) is 2. The summed E-state index contributed by atoms with van der Waals surface area (Å²) in [5.41, 5.74) is -1.31. The molecule has 0 fully saturated rings. The summed E-state index contributed by atoms with van der Waals surface area (Å²) in [5.74, 6) is -2.09. The number of H-pyrrole nitrogens is 1. The van der Waals surface area contributed by atoms with Crippen molar-refractivity contribution in [3.8, 4) is 6.07 Å². The number of hydrogen-bond acceptors (Lipinski definition) is 3. The van der Waals surface area contributed by atoms with Crippen LogP contribution in [-0.2, 0) is 16.4 Å². The Morgan fingerprint density at radius 1 is 1.28 bits per heavy atom. The lowest BCUT2D eigenvalue weighted by Crippen LogP contribution is -2.36. The number of halogens is 3. The zero-order valence-corrected chi connectivity index (χ0v) is 15.5. The van der Waals surface area contributed by atoms with Gasteiger partial charge in [0.15, 0.2) is 0 Å². The molecule has 1 aliphatic heterocycles. The molecule has 0 radical (unpaired) electrons. The fraction of sp³-hybridized carbons (Fsp3) is 0.250. The lowest BCUT2D eigenvalue weighted by Gasteiger charge is -2.29. The van der Waals surface area contributed by atoms with Gasteiger partial charge in [0.05, 0.1) is 16.8 Å². The topological polar surface area (TPSA) is 97.2 Å². The highest BCUT2D eigenvalue weighted by molar-refractivity contribution is 6.16. The number of fused-ring (bicyclic) bond motifs is 1. The van der Waals surface area contributed by atoms with E-state index in [0.29, 0.717) is 5.56 Å². The number of rotatable bonds is 2. The first-order chi connectivity index (χ1) is 13.4. The molecule has 0 unspecified atom stereocenters. The van der Waals surface area contributed by atoms with Gasteiger partial charge in [0.2, 0.25) is 0 Å². The van der Waals surface area contributed by atoms with Crippen LogP contribution in [0.4, 0.5) is 13.2 Å². The van der Waals surface area contributed by atoms with Crippen molar-refractivity contribution in [1.82, 2.24) is 9.88 Å². The summed E-state index contributed by atoms with van der Waals surface area (Å²) >= 11 is 0. The Morgan fingerprint density at radius 2 is 1.97 bits per heavy atom. The molecule has 9 heteroatoms. The van der Waals surface area contributed by atoms with Gasteiger partial charge in [0, 0.05) is 23.7 Å². The van der Waals surface area contributed by atoms with E-state index in [0.717, 1.165) is 29.3 Å². The maximum atomic E-state index is 13.0. The van der Waals surface area contributed by atoms with E-state index in [-0.39, 0.29) is 29.1 Å². The van der Waals surface area contributed by atoms with E-state index in [1.807, 2.05) is 6.07 Å². The number of aromatic amines is 1. The molecule has 29 heavy (non-hydrogen) atoms. The van der Waals surface area contributed by atoms with Crippen LogP contribution in [0.1, 0.15) is 46.7 Å². The van der Waals surface area contributed by atoms with Crippen molar-refractivity contribution in [2.45, 2.75) is 25.4 Å². The minimum absolute atomic E-state index is 0.00851. The second-order valence-corrected chi connectivity index (χ2v) is 7.33. The molecule has 0 spiro atoms. The molecule has 1 aromatic heterocycles. The van der Waals surface area contributed by atoms with E-state index >= 15 is 0 Å². The molecule has 0 aliphatic carbocycles. The SMILES string of the molecule is CC1(C)CN(C(=O)c2cccc(C(F)(F)F)c2)C=C(C(=O)O)c2[nH]c(C#N)cc21. The van der Waals surface area contributed by atoms with Crippen LogP contribution in [0.3, 0.4) is 0 Å². The Morgan fingerprint density at radius 3 is 2.55 bits per heavy atom. The van der Waals surface area contributed by atoms with Crippen molar-refractivity contribution in [3.63, 3.8) is 0 Å². The molecule has 0 bridgehead atoms. The van der Waals surface area contributed by atoms with E-state index in [2.05, 4.69) is 4.98 Å². The van der Waals surface area contributed by atoms with Gasteiger partial charge in [0.25, 0.3) is 5.91 Å². The van der Waals surface area contributed by atoms with Gasteiger partial charge >= 0.3 is 12.1 Å². The molecule has 0 saturated heterocycles. The van der Waals surface area contributed by atoms with Gasteiger partial charge in [0.1, 0.15) is 11.8 Å². The Balaban J connectivity index is 2.10. The van der Waals surface area contributed by atoms with E-state index in [9.17, 15) is 27.9 Å². The fourth-order valence-corrected chi connectivity index (χ4v) is 3.33. The van der Waals surface area contributed by atoms with Crippen LogP contribution in [0.2, 0.25) is 0 Å². The number of amides is 1. The average molecular weight is 403 g/mol. The monoisotopic (exact) mass is 403 g/mol. The van der Waals surface area contributed by atoms with Crippen LogP contribution in [0.5, 0.6) is 0 Å². The molecule has 0 saturated carbocycles. The number of carbonyl (C=O) groups excluding carboxylic acids is 1. The van der Waals surface area contributed by atoms with Gasteiger partial charge in [-0.15, -0.1) is 0 Å². The standard InChI is InChI=1S/C20H16F3N3O3/c1-19(2)10-26(17(27)11-4-3-5-12(6-11)20(21,22)23)9-14(18(28)29)16-15(19)7-13(8-24)25-16/h3-7,9,25H,10H2,1-2H3,(H,28,29). The van der Waals surface area contributed by atoms with Gasteiger partial charge in [-0.05, 0) is 29.8 Å². The molecule has 1 amide bonds. The molecule has 150 valence electrons. The van der Waals surface area contributed by atoms with E-state index in [1.165, 1.54) is 12.1 Å². The Bertz CT molecular complexity index is 1070. The molecule has 0 atom stereocenters. The first kappa shape index (κ1) is 20.2. The zero-order chi connectivity index (χ0) is 21.6. The minimum atomic E-state index is -4.61. The van der Waals surface area contributed by atoms with E-state index < -0.39 is 29.0 Å². The van der Waals surface area contributed by atoms with Crippen LogP contribution in [0, 0.1) is 11.3 Å². The second kappa shape index (κ2) is 6.81. The highest BCUT2D eigenvalue weighted by Crippen LogP contribution is 2.36. The van der Waals surface area contributed by atoms with Crippen molar-refractivity contribution < 1.29 is 27.9 Å².